The van der Waals surface area contributed by atoms with Crippen LogP contribution in [0.4, 0.5) is 4.39 Å². The average Bonchev–Trinajstić information content (AvgIpc) is 3.38. The molecule has 36 heavy (non-hydrogen) atoms. The van der Waals surface area contributed by atoms with Crippen LogP contribution < -0.4 is 9.47 Å². The van der Waals surface area contributed by atoms with Crippen LogP contribution in [-0.4, -0.2) is 68.7 Å². The van der Waals surface area contributed by atoms with Crippen LogP contribution in [0.15, 0.2) is 60.0 Å². The van der Waals surface area contributed by atoms with Crippen molar-refractivity contribution in [3.05, 3.63) is 81.8 Å². The zero-order chi connectivity index (χ0) is 25.5. The van der Waals surface area contributed by atoms with E-state index >= 15 is 0 Å². The largest absolute Gasteiger partial charge is 0.497 e. The van der Waals surface area contributed by atoms with Crippen molar-refractivity contribution < 1.29 is 28.2 Å². The Balaban J connectivity index is 1.52. The van der Waals surface area contributed by atoms with Crippen molar-refractivity contribution in [2.24, 2.45) is 0 Å². The van der Waals surface area contributed by atoms with Gasteiger partial charge in [0.15, 0.2) is 0 Å². The quantitative estimate of drug-likeness (QED) is 0.408. The number of hydrogen-bond donors (Lipinski definition) is 0. The summed E-state index contributed by atoms with van der Waals surface area (Å²) in [5.74, 6) is 0.205. The second-order valence-corrected chi connectivity index (χ2v) is 9.37. The fourth-order valence-corrected chi connectivity index (χ4v) is 5.18. The Hall–Kier alpha value is -3.43. The van der Waals surface area contributed by atoms with Crippen LogP contribution in [0, 0.1) is 5.82 Å². The number of hydrogen-bond acceptors (Lipinski definition) is 6. The van der Waals surface area contributed by atoms with Gasteiger partial charge in [0.05, 0.1) is 19.8 Å². The van der Waals surface area contributed by atoms with Crippen molar-refractivity contribution in [3.63, 3.8) is 0 Å². The Morgan fingerprint density at radius 3 is 2.69 bits per heavy atom. The summed E-state index contributed by atoms with van der Waals surface area (Å²) >= 11 is 1.67. The highest BCUT2D eigenvalue weighted by molar-refractivity contribution is 7.10. The predicted octanol–water partition coefficient (Wildman–Crippen LogP) is 4.19. The molecule has 0 fully saturated rings. The van der Waals surface area contributed by atoms with Gasteiger partial charge in [0.2, 0.25) is 5.91 Å². The van der Waals surface area contributed by atoms with Crippen molar-refractivity contribution in [3.8, 4) is 11.5 Å². The van der Waals surface area contributed by atoms with E-state index in [9.17, 15) is 14.0 Å². The normalized spacial score (nSPS) is 14.8. The minimum atomic E-state index is -0.505. The minimum absolute atomic E-state index is 0.145. The topological polar surface area (TPSA) is 68.3 Å². The first-order chi connectivity index (χ1) is 17.5. The zero-order valence-corrected chi connectivity index (χ0v) is 21.1. The second kappa shape index (κ2) is 12.0. The first-order valence-electron chi connectivity index (χ1n) is 11.7. The van der Waals surface area contributed by atoms with E-state index in [2.05, 4.69) is 0 Å². The molecule has 190 valence electrons. The second-order valence-electron chi connectivity index (χ2n) is 8.37. The lowest BCUT2D eigenvalue weighted by Gasteiger charge is -2.37. The lowest BCUT2D eigenvalue weighted by Crippen LogP contribution is -2.48. The van der Waals surface area contributed by atoms with Gasteiger partial charge in [-0.3, -0.25) is 9.59 Å². The summed E-state index contributed by atoms with van der Waals surface area (Å²) in [6.07, 6.45) is 0.740. The highest BCUT2D eigenvalue weighted by Crippen LogP contribution is 2.34. The summed E-state index contributed by atoms with van der Waals surface area (Å²) < 4.78 is 30.3. The number of fused-ring (bicyclic) bond motifs is 1. The van der Waals surface area contributed by atoms with Crippen LogP contribution in [0.2, 0.25) is 0 Å². The fraction of sp³-hybridized carbons (Fsp3) is 0.333. The first-order valence-corrected chi connectivity index (χ1v) is 12.5. The summed E-state index contributed by atoms with van der Waals surface area (Å²) in [7, 11) is 3.13. The van der Waals surface area contributed by atoms with Crippen LogP contribution in [0.3, 0.4) is 0 Å². The Morgan fingerprint density at radius 2 is 1.92 bits per heavy atom. The number of carbonyl (C=O) groups is 2. The molecule has 0 bridgehead atoms. The van der Waals surface area contributed by atoms with Gasteiger partial charge in [-0.15, -0.1) is 11.3 Å². The Labute approximate surface area is 214 Å². The van der Waals surface area contributed by atoms with E-state index in [0.717, 1.165) is 12.0 Å². The molecule has 1 aliphatic rings. The SMILES string of the molecule is COCCN(CC(=O)N1CCc2sccc2[C@@H]1COc1cccc(OC)c1)C(=O)c1cccc(F)c1. The molecule has 3 aromatic rings. The highest BCUT2D eigenvalue weighted by Gasteiger charge is 2.33. The summed E-state index contributed by atoms with van der Waals surface area (Å²) in [5.41, 5.74) is 1.25. The summed E-state index contributed by atoms with van der Waals surface area (Å²) in [5, 5.41) is 2.02. The molecule has 2 heterocycles. The molecular formula is C27H29FN2O5S. The Bertz CT molecular complexity index is 1200. The number of amides is 2. The predicted molar refractivity (Wildman–Crippen MR) is 135 cm³/mol. The molecule has 1 atom stereocenters. The number of carbonyl (C=O) groups excluding carboxylic acids is 2. The number of rotatable bonds is 10. The van der Waals surface area contributed by atoms with Gasteiger partial charge in [0.25, 0.3) is 5.91 Å². The van der Waals surface area contributed by atoms with Crippen molar-refractivity contribution >= 4 is 23.2 Å². The minimum Gasteiger partial charge on any atom is -0.497 e. The highest BCUT2D eigenvalue weighted by atomic mass is 32.1. The molecule has 0 spiro atoms. The molecule has 4 rings (SSSR count). The van der Waals surface area contributed by atoms with Crippen molar-refractivity contribution in [2.45, 2.75) is 12.5 Å². The van der Waals surface area contributed by atoms with Crippen molar-refractivity contribution in [1.29, 1.82) is 0 Å². The molecule has 7 nitrogen and oxygen atoms in total. The number of nitrogens with zero attached hydrogens (tertiary/aromatic N) is 2. The number of benzene rings is 2. The number of thiophene rings is 1. The van der Waals surface area contributed by atoms with E-state index in [0.29, 0.717) is 18.0 Å². The molecule has 9 heteroatoms. The van der Waals surface area contributed by atoms with E-state index in [-0.39, 0.29) is 43.8 Å². The van der Waals surface area contributed by atoms with Gasteiger partial charge in [-0.2, -0.15) is 0 Å². The van der Waals surface area contributed by atoms with E-state index in [1.54, 1.807) is 35.5 Å². The molecule has 0 saturated carbocycles. The maximum absolute atomic E-state index is 13.7. The fourth-order valence-electron chi connectivity index (χ4n) is 4.25. The molecule has 0 saturated heterocycles. The summed E-state index contributed by atoms with van der Waals surface area (Å²) in [6, 6.07) is 14.5. The third-order valence-electron chi connectivity index (χ3n) is 6.11. The molecule has 1 aromatic heterocycles. The Kier molecular flexibility index (Phi) is 8.56. The maximum atomic E-state index is 13.7. The van der Waals surface area contributed by atoms with Gasteiger partial charge < -0.3 is 24.0 Å². The third kappa shape index (κ3) is 6.03. The molecule has 0 aliphatic carbocycles. The van der Waals surface area contributed by atoms with Crippen molar-refractivity contribution in [2.75, 3.05) is 47.1 Å². The monoisotopic (exact) mass is 512 g/mol. The van der Waals surface area contributed by atoms with Gasteiger partial charge in [-0.05, 0) is 53.8 Å². The van der Waals surface area contributed by atoms with Crippen molar-refractivity contribution in [1.82, 2.24) is 9.80 Å². The maximum Gasteiger partial charge on any atom is 0.254 e. The van der Waals surface area contributed by atoms with Crippen LogP contribution in [0.5, 0.6) is 11.5 Å². The van der Waals surface area contributed by atoms with Crippen LogP contribution in [0.1, 0.15) is 26.8 Å². The van der Waals surface area contributed by atoms with Gasteiger partial charge in [0.1, 0.15) is 30.5 Å². The Morgan fingerprint density at radius 1 is 1.11 bits per heavy atom. The molecule has 2 amide bonds. The standard InChI is InChI=1S/C27H29FN2O5S/c1-33-13-12-29(27(32)19-5-3-6-20(28)15-19)17-26(31)30-11-9-25-23(10-14-36-25)24(30)18-35-22-8-4-7-21(16-22)34-2/h3-8,10,14-16,24H,9,11-13,17-18H2,1-2H3/t24-/m0/s1. The molecule has 1 aliphatic heterocycles. The lowest BCUT2D eigenvalue weighted by atomic mass is 10.0. The molecule has 2 aromatic carbocycles. The molecule has 0 radical (unpaired) electrons. The van der Waals surface area contributed by atoms with E-state index < -0.39 is 11.7 Å². The lowest BCUT2D eigenvalue weighted by molar-refractivity contribution is -0.135. The zero-order valence-electron chi connectivity index (χ0n) is 20.3. The van der Waals surface area contributed by atoms with Crippen LogP contribution in [-0.2, 0) is 16.0 Å². The van der Waals surface area contributed by atoms with Crippen LogP contribution >= 0.6 is 11.3 Å². The van der Waals surface area contributed by atoms with Gasteiger partial charge in [-0.25, -0.2) is 4.39 Å². The average molecular weight is 513 g/mol. The van der Waals surface area contributed by atoms with Gasteiger partial charge >= 0.3 is 0 Å². The summed E-state index contributed by atoms with van der Waals surface area (Å²) in [4.78, 5) is 31.1. The van der Waals surface area contributed by atoms with E-state index in [1.165, 1.54) is 35.1 Å². The molecule has 0 unspecified atom stereocenters. The third-order valence-corrected chi connectivity index (χ3v) is 7.11. The first kappa shape index (κ1) is 25.7. The number of halogens is 1. The summed E-state index contributed by atoms with van der Waals surface area (Å²) in [6.45, 7) is 1.10. The van der Waals surface area contributed by atoms with Gasteiger partial charge in [-0.1, -0.05) is 12.1 Å². The molecule has 0 N–H and O–H groups in total. The van der Waals surface area contributed by atoms with Gasteiger partial charge in [0, 0.05) is 36.7 Å². The van der Waals surface area contributed by atoms with E-state index in [4.69, 9.17) is 14.2 Å². The number of methoxy groups -OCH3 is 2. The smallest absolute Gasteiger partial charge is 0.254 e. The molecular weight excluding hydrogens is 483 g/mol. The number of ether oxygens (including phenoxy) is 3. The van der Waals surface area contributed by atoms with E-state index in [1.807, 2.05) is 29.6 Å². The van der Waals surface area contributed by atoms with Crippen LogP contribution in [0.25, 0.3) is 0 Å².